The van der Waals surface area contributed by atoms with E-state index >= 15 is 0 Å². The largest absolute Gasteiger partial charge is 0.507 e. The van der Waals surface area contributed by atoms with Gasteiger partial charge in [-0.05, 0) is 32.0 Å². The second-order valence-corrected chi connectivity index (χ2v) is 4.19. The average Bonchev–Trinajstić information content (AvgIpc) is 2.28. The molecule has 98 valence electrons. The van der Waals surface area contributed by atoms with Gasteiger partial charge in [-0.25, -0.2) is 0 Å². The number of likely N-dealkylation sites (N-methyl/N-ethyl adjacent to an activating group) is 1. The van der Waals surface area contributed by atoms with Gasteiger partial charge in [0.05, 0.1) is 5.56 Å². The van der Waals surface area contributed by atoms with E-state index in [4.69, 9.17) is 11.6 Å². The molecule has 1 rings (SSSR count). The number of amides is 2. The zero-order chi connectivity index (χ0) is 13.7. The molecule has 1 aromatic rings. The third-order valence-electron chi connectivity index (χ3n) is 2.30. The molecule has 1 unspecified atom stereocenters. The molecule has 2 amide bonds. The molecular formula is C12H15ClN2O3. The van der Waals surface area contributed by atoms with Gasteiger partial charge in [0.1, 0.15) is 11.8 Å². The Bertz CT molecular complexity index is 463. The zero-order valence-corrected chi connectivity index (χ0v) is 10.9. The van der Waals surface area contributed by atoms with Crippen molar-refractivity contribution in [1.29, 1.82) is 0 Å². The van der Waals surface area contributed by atoms with E-state index in [1.807, 2.05) is 0 Å². The lowest BCUT2D eigenvalue weighted by atomic mass is 10.1. The quantitative estimate of drug-likeness (QED) is 0.772. The highest BCUT2D eigenvalue weighted by atomic mass is 35.5. The third kappa shape index (κ3) is 3.63. The average molecular weight is 271 g/mol. The summed E-state index contributed by atoms with van der Waals surface area (Å²) in [5, 5.41) is 15.0. The van der Waals surface area contributed by atoms with Gasteiger partial charge in [0, 0.05) is 11.6 Å². The van der Waals surface area contributed by atoms with Gasteiger partial charge in [-0.3, -0.25) is 9.59 Å². The van der Waals surface area contributed by atoms with Gasteiger partial charge in [-0.15, -0.1) is 0 Å². The van der Waals surface area contributed by atoms with Crippen LogP contribution in [0.5, 0.6) is 5.75 Å². The van der Waals surface area contributed by atoms with Crippen molar-refractivity contribution in [2.45, 2.75) is 19.9 Å². The van der Waals surface area contributed by atoms with Crippen LogP contribution < -0.4 is 10.6 Å². The number of carbonyl (C=O) groups is 2. The second kappa shape index (κ2) is 6.26. The maximum absolute atomic E-state index is 11.8. The monoisotopic (exact) mass is 270 g/mol. The van der Waals surface area contributed by atoms with E-state index in [0.29, 0.717) is 11.6 Å². The Hall–Kier alpha value is -1.75. The van der Waals surface area contributed by atoms with Crippen LogP contribution in [0.1, 0.15) is 24.2 Å². The van der Waals surface area contributed by atoms with Crippen LogP contribution in [0.4, 0.5) is 0 Å². The Morgan fingerprint density at radius 2 is 2.11 bits per heavy atom. The van der Waals surface area contributed by atoms with Crippen molar-refractivity contribution >= 4 is 23.4 Å². The Kier molecular flexibility index (Phi) is 4.97. The van der Waals surface area contributed by atoms with Crippen LogP contribution in [-0.4, -0.2) is 29.5 Å². The molecule has 0 aromatic heterocycles. The highest BCUT2D eigenvalue weighted by Crippen LogP contribution is 2.21. The van der Waals surface area contributed by atoms with Crippen LogP contribution in [-0.2, 0) is 4.79 Å². The van der Waals surface area contributed by atoms with Gasteiger partial charge in [0.2, 0.25) is 5.91 Å². The van der Waals surface area contributed by atoms with Gasteiger partial charge in [0.15, 0.2) is 0 Å². The minimum Gasteiger partial charge on any atom is -0.507 e. The normalized spacial score (nSPS) is 11.7. The van der Waals surface area contributed by atoms with Gasteiger partial charge in [-0.2, -0.15) is 0 Å². The van der Waals surface area contributed by atoms with Crippen molar-refractivity contribution in [3.63, 3.8) is 0 Å². The SMILES string of the molecule is CCNC(=O)C(C)NC(=O)c1ccc(Cl)cc1O. The van der Waals surface area contributed by atoms with E-state index in [2.05, 4.69) is 10.6 Å². The molecule has 3 N–H and O–H groups in total. The van der Waals surface area contributed by atoms with Crippen LogP contribution in [0.15, 0.2) is 18.2 Å². The van der Waals surface area contributed by atoms with E-state index in [1.54, 1.807) is 13.8 Å². The molecule has 1 atom stereocenters. The summed E-state index contributed by atoms with van der Waals surface area (Å²) in [4.78, 5) is 23.2. The Balaban J connectivity index is 2.73. The fourth-order valence-corrected chi connectivity index (χ4v) is 1.53. The van der Waals surface area contributed by atoms with Crippen molar-refractivity contribution < 1.29 is 14.7 Å². The Labute approximate surface area is 110 Å². The lowest BCUT2D eigenvalue weighted by molar-refractivity contribution is -0.122. The number of rotatable bonds is 4. The molecule has 6 heteroatoms. The molecule has 0 aliphatic carbocycles. The summed E-state index contributed by atoms with van der Waals surface area (Å²) in [5.41, 5.74) is 0.0792. The summed E-state index contributed by atoms with van der Waals surface area (Å²) in [6.45, 7) is 3.85. The summed E-state index contributed by atoms with van der Waals surface area (Å²) >= 11 is 5.66. The van der Waals surface area contributed by atoms with Crippen molar-refractivity contribution in [2.75, 3.05) is 6.54 Å². The number of phenolic OH excluding ortho intramolecular Hbond substituents is 1. The van der Waals surface area contributed by atoms with E-state index in [0.717, 1.165) is 0 Å². The first kappa shape index (κ1) is 14.3. The number of hydrogen-bond acceptors (Lipinski definition) is 3. The molecule has 0 fully saturated rings. The highest BCUT2D eigenvalue weighted by Gasteiger charge is 2.18. The van der Waals surface area contributed by atoms with E-state index < -0.39 is 11.9 Å². The first-order valence-corrected chi connectivity index (χ1v) is 5.90. The molecule has 0 spiro atoms. The van der Waals surface area contributed by atoms with Crippen LogP contribution in [0, 0.1) is 0 Å². The van der Waals surface area contributed by atoms with Crippen molar-refractivity contribution in [3.8, 4) is 5.75 Å². The summed E-state index contributed by atoms with van der Waals surface area (Å²) < 4.78 is 0. The molecule has 0 saturated carbocycles. The molecular weight excluding hydrogens is 256 g/mol. The Morgan fingerprint density at radius 3 is 2.67 bits per heavy atom. The van der Waals surface area contributed by atoms with E-state index in [1.165, 1.54) is 18.2 Å². The topological polar surface area (TPSA) is 78.4 Å². The second-order valence-electron chi connectivity index (χ2n) is 3.75. The van der Waals surface area contributed by atoms with Crippen LogP contribution in [0.2, 0.25) is 5.02 Å². The van der Waals surface area contributed by atoms with Gasteiger partial charge in [-0.1, -0.05) is 11.6 Å². The minimum atomic E-state index is -0.674. The van der Waals surface area contributed by atoms with Crippen LogP contribution in [0.25, 0.3) is 0 Å². The Morgan fingerprint density at radius 1 is 1.44 bits per heavy atom. The lowest BCUT2D eigenvalue weighted by Crippen LogP contribution is -2.44. The lowest BCUT2D eigenvalue weighted by Gasteiger charge is -2.13. The summed E-state index contributed by atoms with van der Waals surface area (Å²) in [6.07, 6.45) is 0. The first-order valence-electron chi connectivity index (χ1n) is 5.52. The summed E-state index contributed by atoms with van der Waals surface area (Å²) in [7, 11) is 0. The maximum atomic E-state index is 11.8. The zero-order valence-electron chi connectivity index (χ0n) is 10.2. The number of aromatic hydroxyl groups is 1. The fraction of sp³-hybridized carbons (Fsp3) is 0.333. The highest BCUT2D eigenvalue weighted by molar-refractivity contribution is 6.30. The van der Waals surface area contributed by atoms with Crippen LogP contribution >= 0.6 is 11.6 Å². The predicted octanol–water partition coefficient (Wildman–Crippen LogP) is 1.30. The minimum absolute atomic E-state index is 0.0792. The fourth-order valence-electron chi connectivity index (χ4n) is 1.36. The smallest absolute Gasteiger partial charge is 0.255 e. The number of benzene rings is 1. The van der Waals surface area contributed by atoms with Crippen molar-refractivity contribution in [2.24, 2.45) is 0 Å². The molecule has 0 bridgehead atoms. The predicted molar refractivity (Wildman–Crippen MR) is 68.7 cm³/mol. The number of nitrogens with one attached hydrogen (secondary N) is 2. The van der Waals surface area contributed by atoms with Crippen molar-refractivity contribution in [3.05, 3.63) is 28.8 Å². The van der Waals surface area contributed by atoms with Gasteiger partial charge in [0.25, 0.3) is 5.91 Å². The van der Waals surface area contributed by atoms with E-state index in [9.17, 15) is 14.7 Å². The van der Waals surface area contributed by atoms with Crippen molar-refractivity contribution in [1.82, 2.24) is 10.6 Å². The molecule has 5 nitrogen and oxygen atoms in total. The third-order valence-corrected chi connectivity index (χ3v) is 2.53. The summed E-state index contributed by atoms with van der Waals surface area (Å²) in [5.74, 6) is -1.02. The van der Waals surface area contributed by atoms with E-state index in [-0.39, 0.29) is 17.2 Å². The molecule has 0 aliphatic rings. The molecule has 1 aromatic carbocycles. The standard InChI is InChI=1S/C12H15ClN2O3/c1-3-14-11(17)7(2)15-12(18)9-5-4-8(13)6-10(9)16/h4-7,16H,3H2,1-2H3,(H,14,17)(H,15,18). The molecule has 0 saturated heterocycles. The maximum Gasteiger partial charge on any atom is 0.255 e. The van der Waals surface area contributed by atoms with Gasteiger partial charge >= 0.3 is 0 Å². The molecule has 18 heavy (non-hydrogen) atoms. The number of hydrogen-bond donors (Lipinski definition) is 3. The number of carbonyl (C=O) groups excluding carboxylic acids is 2. The number of halogens is 1. The van der Waals surface area contributed by atoms with Gasteiger partial charge < -0.3 is 15.7 Å². The first-order chi connectivity index (χ1) is 8.45. The molecule has 0 aliphatic heterocycles. The number of phenols is 1. The summed E-state index contributed by atoms with van der Waals surface area (Å²) in [6, 6.07) is 3.49. The molecule has 0 radical (unpaired) electrons. The molecule has 0 heterocycles. The van der Waals surface area contributed by atoms with Crippen LogP contribution in [0.3, 0.4) is 0 Å².